The van der Waals surface area contributed by atoms with Crippen LogP contribution in [0.1, 0.15) is 34.1 Å². The van der Waals surface area contributed by atoms with E-state index < -0.39 is 29.2 Å². The summed E-state index contributed by atoms with van der Waals surface area (Å²) in [5, 5.41) is 18.0. The molecule has 0 fully saturated rings. The summed E-state index contributed by atoms with van der Waals surface area (Å²) in [5.41, 5.74) is -1.06. The Morgan fingerprint density at radius 1 is 0.842 bits per heavy atom. The summed E-state index contributed by atoms with van der Waals surface area (Å²) >= 11 is 0. The first-order chi connectivity index (χ1) is 8.62. The molecule has 0 radical (unpaired) electrons. The van der Waals surface area contributed by atoms with Gasteiger partial charge in [-0.25, -0.2) is 0 Å². The van der Waals surface area contributed by atoms with E-state index >= 15 is 0 Å². The lowest BCUT2D eigenvalue weighted by Crippen LogP contribution is -2.28. The first kappa shape index (κ1) is 17.9. The number of carbonyl (C=O) groups excluding carboxylic acids is 2. The molecular weight excluding hydrogens is 252 g/mol. The number of esters is 2. The normalized spacial score (nSPS) is 12.1. The van der Waals surface area contributed by atoms with Crippen molar-refractivity contribution in [3.8, 4) is 0 Å². The van der Waals surface area contributed by atoms with E-state index in [2.05, 4.69) is 0 Å². The second-order valence-corrected chi connectivity index (χ2v) is 6.14. The Kier molecular flexibility index (Phi) is 7.00. The number of hydrogen-bond acceptors (Lipinski definition) is 6. The maximum absolute atomic E-state index is 11.4. The average Bonchev–Trinajstić information content (AvgIpc) is 2.34. The molecular formula is C13H24O6. The molecule has 0 aromatic carbocycles. The summed E-state index contributed by atoms with van der Waals surface area (Å²) in [5.74, 6) is -1.37. The number of hydrogen-bond donors (Lipinski definition) is 2. The number of rotatable bonds is 8. The van der Waals surface area contributed by atoms with Crippen molar-refractivity contribution >= 4 is 11.9 Å². The number of aliphatic hydroxyl groups is 2. The Labute approximate surface area is 113 Å². The molecule has 0 atom stereocenters. The van der Waals surface area contributed by atoms with Crippen LogP contribution in [0.5, 0.6) is 0 Å². The van der Waals surface area contributed by atoms with Crippen LogP contribution in [0.3, 0.4) is 0 Å². The van der Waals surface area contributed by atoms with Gasteiger partial charge < -0.3 is 19.7 Å². The van der Waals surface area contributed by atoms with E-state index in [0.717, 1.165) is 0 Å². The Morgan fingerprint density at radius 2 is 1.16 bits per heavy atom. The molecule has 0 rings (SSSR count). The lowest BCUT2D eigenvalue weighted by atomic mass is 9.96. The number of ether oxygens (including phenoxy) is 2. The molecule has 0 aromatic heterocycles. The van der Waals surface area contributed by atoms with E-state index in [1.54, 1.807) is 27.7 Å². The summed E-state index contributed by atoms with van der Waals surface area (Å²) in [6, 6.07) is 0. The lowest BCUT2D eigenvalue weighted by molar-refractivity contribution is -0.158. The fraction of sp³-hybridized carbons (Fsp3) is 0.846. The highest BCUT2D eigenvalue weighted by molar-refractivity contribution is 5.91. The van der Waals surface area contributed by atoms with Crippen molar-refractivity contribution < 1.29 is 29.3 Å². The largest absolute Gasteiger partial charge is 0.465 e. The molecule has 0 spiro atoms. The predicted molar refractivity (Wildman–Crippen MR) is 68.3 cm³/mol. The SMILES string of the molecule is CC(C)(CO)COC(=O)CC(=O)OCC(C)(C)CO. The van der Waals surface area contributed by atoms with Crippen molar-refractivity contribution in [2.24, 2.45) is 10.8 Å². The van der Waals surface area contributed by atoms with Gasteiger partial charge in [0, 0.05) is 10.8 Å². The zero-order chi connectivity index (χ0) is 15.1. The van der Waals surface area contributed by atoms with Crippen LogP contribution in [-0.2, 0) is 19.1 Å². The van der Waals surface area contributed by atoms with Gasteiger partial charge in [0.1, 0.15) is 6.42 Å². The second-order valence-electron chi connectivity index (χ2n) is 6.14. The molecule has 0 amide bonds. The van der Waals surface area contributed by atoms with Crippen LogP contribution in [-0.4, -0.2) is 48.6 Å². The van der Waals surface area contributed by atoms with Gasteiger partial charge in [-0.15, -0.1) is 0 Å². The van der Waals surface area contributed by atoms with Crippen molar-refractivity contribution in [1.29, 1.82) is 0 Å². The summed E-state index contributed by atoms with van der Waals surface area (Å²) < 4.78 is 9.75. The highest BCUT2D eigenvalue weighted by Crippen LogP contribution is 2.15. The maximum Gasteiger partial charge on any atom is 0.317 e. The molecule has 0 unspecified atom stereocenters. The van der Waals surface area contributed by atoms with E-state index in [9.17, 15) is 9.59 Å². The first-order valence-corrected chi connectivity index (χ1v) is 6.15. The van der Waals surface area contributed by atoms with E-state index in [-0.39, 0.29) is 26.4 Å². The van der Waals surface area contributed by atoms with Gasteiger partial charge in [-0.2, -0.15) is 0 Å². The average molecular weight is 276 g/mol. The molecule has 0 saturated carbocycles. The van der Waals surface area contributed by atoms with Crippen LogP contribution in [0.4, 0.5) is 0 Å². The van der Waals surface area contributed by atoms with Crippen LogP contribution in [0, 0.1) is 10.8 Å². The predicted octanol–water partition coefficient (Wildman–Crippen LogP) is 0.500. The third-order valence-corrected chi connectivity index (χ3v) is 2.39. The van der Waals surface area contributed by atoms with Crippen LogP contribution in [0.2, 0.25) is 0 Å². The monoisotopic (exact) mass is 276 g/mol. The van der Waals surface area contributed by atoms with Gasteiger partial charge in [-0.05, 0) is 0 Å². The van der Waals surface area contributed by atoms with Gasteiger partial charge in [0.2, 0.25) is 0 Å². The molecule has 0 saturated heterocycles. The third kappa shape index (κ3) is 8.56. The van der Waals surface area contributed by atoms with Crippen LogP contribution in [0.15, 0.2) is 0 Å². The minimum absolute atomic E-state index is 0.0394. The van der Waals surface area contributed by atoms with Crippen molar-refractivity contribution in [2.75, 3.05) is 26.4 Å². The van der Waals surface area contributed by atoms with Crippen molar-refractivity contribution in [1.82, 2.24) is 0 Å². The molecule has 0 aliphatic carbocycles. The number of carbonyl (C=O) groups is 2. The summed E-state index contributed by atoms with van der Waals surface area (Å²) in [7, 11) is 0. The van der Waals surface area contributed by atoms with E-state index in [4.69, 9.17) is 19.7 Å². The topological polar surface area (TPSA) is 93.1 Å². The smallest absolute Gasteiger partial charge is 0.317 e. The third-order valence-electron chi connectivity index (χ3n) is 2.39. The molecule has 0 bridgehead atoms. The Balaban J connectivity index is 3.98. The molecule has 112 valence electrons. The highest BCUT2D eigenvalue weighted by atomic mass is 16.6. The van der Waals surface area contributed by atoms with Gasteiger partial charge in [-0.3, -0.25) is 9.59 Å². The summed E-state index contributed by atoms with van der Waals surface area (Å²) in [6.07, 6.45) is -0.469. The van der Waals surface area contributed by atoms with E-state index in [1.807, 2.05) is 0 Å². The second kappa shape index (κ2) is 7.45. The summed E-state index contributed by atoms with van der Waals surface area (Å²) in [6.45, 7) is 6.80. The van der Waals surface area contributed by atoms with Crippen molar-refractivity contribution in [2.45, 2.75) is 34.1 Å². The molecule has 0 aromatic rings. The lowest BCUT2D eigenvalue weighted by Gasteiger charge is -2.22. The van der Waals surface area contributed by atoms with Crippen LogP contribution < -0.4 is 0 Å². The molecule has 0 aliphatic heterocycles. The van der Waals surface area contributed by atoms with Crippen LogP contribution in [0.25, 0.3) is 0 Å². The molecule has 19 heavy (non-hydrogen) atoms. The molecule has 0 heterocycles. The first-order valence-electron chi connectivity index (χ1n) is 6.15. The standard InChI is InChI=1S/C13H24O6/c1-12(2,6-14)8-18-10(16)5-11(17)19-9-13(3,4)7-15/h14-15H,5-9H2,1-4H3. The highest BCUT2D eigenvalue weighted by Gasteiger charge is 2.22. The molecule has 6 heteroatoms. The van der Waals surface area contributed by atoms with Gasteiger partial charge in [0.15, 0.2) is 0 Å². The van der Waals surface area contributed by atoms with Gasteiger partial charge in [0.05, 0.1) is 26.4 Å². The zero-order valence-corrected chi connectivity index (χ0v) is 12.1. The molecule has 2 N–H and O–H groups in total. The van der Waals surface area contributed by atoms with E-state index in [1.165, 1.54) is 0 Å². The quantitative estimate of drug-likeness (QED) is 0.495. The fourth-order valence-corrected chi connectivity index (χ4v) is 0.863. The van der Waals surface area contributed by atoms with Crippen molar-refractivity contribution in [3.05, 3.63) is 0 Å². The molecule has 6 nitrogen and oxygen atoms in total. The maximum atomic E-state index is 11.4. The minimum Gasteiger partial charge on any atom is -0.465 e. The zero-order valence-electron chi connectivity index (χ0n) is 12.1. The Hall–Kier alpha value is -1.14. The van der Waals surface area contributed by atoms with E-state index in [0.29, 0.717) is 0 Å². The minimum atomic E-state index is -0.687. The molecule has 0 aliphatic rings. The summed E-state index contributed by atoms with van der Waals surface area (Å²) in [4.78, 5) is 22.7. The van der Waals surface area contributed by atoms with Crippen molar-refractivity contribution in [3.63, 3.8) is 0 Å². The van der Waals surface area contributed by atoms with Crippen LogP contribution >= 0.6 is 0 Å². The van der Waals surface area contributed by atoms with Gasteiger partial charge >= 0.3 is 11.9 Å². The van der Waals surface area contributed by atoms with Gasteiger partial charge in [-0.1, -0.05) is 27.7 Å². The Bertz CT molecular complexity index is 278. The van der Waals surface area contributed by atoms with Gasteiger partial charge in [0.25, 0.3) is 0 Å². The Morgan fingerprint density at radius 3 is 1.42 bits per heavy atom. The fourth-order valence-electron chi connectivity index (χ4n) is 0.863. The number of aliphatic hydroxyl groups excluding tert-OH is 2.